The monoisotopic (exact) mass is 1070 g/mol. The van der Waals surface area contributed by atoms with Crippen LogP contribution in [-0.4, -0.2) is 83.4 Å². The van der Waals surface area contributed by atoms with Crippen molar-refractivity contribution in [3.8, 4) is 11.5 Å². The summed E-state index contributed by atoms with van der Waals surface area (Å²) in [5, 5.41) is 10.5. The van der Waals surface area contributed by atoms with Gasteiger partial charge in [-0.2, -0.15) is 0 Å². The van der Waals surface area contributed by atoms with Crippen LogP contribution in [0.25, 0.3) is 0 Å². The smallest absolute Gasteiger partial charge is 0.104 e. The summed E-state index contributed by atoms with van der Waals surface area (Å²) >= 11 is 3.02. The van der Waals surface area contributed by atoms with Crippen LogP contribution in [-0.2, 0) is 56.3 Å². The van der Waals surface area contributed by atoms with Gasteiger partial charge in [0.05, 0.1) is 18.3 Å². The Labute approximate surface area is 453 Å². The molecule has 2 atom stereocenters. The maximum Gasteiger partial charge on any atom is 0.104 e. The number of aromatic nitrogens is 2. The van der Waals surface area contributed by atoms with E-state index in [0.29, 0.717) is 67.4 Å². The number of nitrogens with zero attached hydrogens (tertiary/aromatic N) is 4. The summed E-state index contributed by atoms with van der Waals surface area (Å²) in [6.45, 7) is 23.7. The number of ketones is 2. The Bertz CT molecular complexity index is 2730. The van der Waals surface area contributed by atoms with Crippen molar-refractivity contribution < 1.29 is 23.8 Å². The van der Waals surface area contributed by atoms with Crippen LogP contribution in [0.3, 0.4) is 0 Å². The summed E-state index contributed by atoms with van der Waals surface area (Å²) in [5.74, 6) is 2.79. The number of halogens is 1. The Morgan fingerprint density at radius 1 is 0.662 bits per heavy atom. The van der Waals surface area contributed by atoms with Gasteiger partial charge in [-0.1, -0.05) is 0 Å². The minimum Gasteiger partial charge on any atom is -0.487 e. The molecule has 0 spiro atoms. The topological polar surface area (TPSA) is 234 Å². The van der Waals surface area contributed by atoms with E-state index in [0.717, 1.165) is 101 Å². The minimum atomic E-state index is -0.530. The average Bonchev–Trinajstić information content (AvgIpc) is 4.17. The van der Waals surface area contributed by atoms with Crippen LogP contribution in [0.15, 0.2) is 9.98 Å². The van der Waals surface area contributed by atoms with Crippen LogP contribution in [0.4, 0.5) is 0 Å². The maximum atomic E-state index is 13.1. The summed E-state index contributed by atoms with van der Waals surface area (Å²) in [4.78, 5) is 46.4. The van der Waals surface area contributed by atoms with E-state index in [1.165, 1.54) is 88.1 Å². The molecule has 4 aliphatic rings. The van der Waals surface area contributed by atoms with Gasteiger partial charge in [-0.05, 0) is 166 Å². The molecular weight excluding hydrogens is 991 g/mol. The van der Waals surface area contributed by atoms with Crippen molar-refractivity contribution in [1.29, 1.82) is 0 Å². The Balaban J connectivity index is 0.000000238. The Morgan fingerprint density at radius 2 is 1.11 bits per heavy atom. The first kappa shape index (κ1) is 58.5. The van der Waals surface area contributed by atoms with Crippen molar-refractivity contribution in [2.24, 2.45) is 27.2 Å². The second-order valence-electron chi connectivity index (χ2n) is 21.5. The second kappa shape index (κ2) is 25.4. The molecule has 2 aliphatic heterocycles. The Morgan fingerprint density at radius 3 is 1.55 bits per heavy atom. The van der Waals surface area contributed by atoms with E-state index < -0.39 is 12.1 Å². The second-order valence-corrected chi connectivity index (χ2v) is 23.7. The van der Waals surface area contributed by atoms with Crippen LogP contribution in [0.1, 0.15) is 175 Å². The van der Waals surface area contributed by atoms with E-state index in [9.17, 15) is 14.3 Å². The number of guanidine groups is 2. The summed E-state index contributed by atoms with van der Waals surface area (Å²) in [6, 6.07) is -0.973. The van der Waals surface area contributed by atoms with Gasteiger partial charge < -0.3 is 26.3 Å². The number of nitrogens with two attached hydrogens (primary N) is 3. The van der Waals surface area contributed by atoms with Gasteiger partial charge in [-0.15, -0.1) is 23.7 Å². The molecule has 2 aromatic heterocycles. The fourth-order valence-corrected chi connectivity index (χ4v) is 12.7. The normalized spacial score (nSPS) is 16.9. The molecule has 0 fully saturated rings. The molecule has 2 aromatic carbocycles. The van der Waals surface area contributed by atoms with Gasteiger partial charge in [0.1, 0.15) is 22.7 Å². The van der Waals surface area contributed by atoms with Crippen LogP contribution in [0, 0.1) is 41.5 Å². The number of ether oxygens (including phenoxy) is 2. The maximum absolute atomic E-state index is 13.1. The van der Waals surface area contributed by atoms with Crippen molar-refractivity contribution in [2.75, 3.05) is 19.5 Å². The van der Waals surface area contributed by atoms with Crippen LogP contribution in [0.2, 0.25) is 0 Å². The molecule has 2 unspecified atom stereocenters. The molecule has 4 aromatic rings. The molecule has 2 aliphatic carbocycles. The predicted octanol–water partition coefficient (Wildman–Crippen LogP) is 8.17. The van der Waals surface area contributed by atoms with E-state index in [2.05, 4.69) is 105 Å². The van der Waals surface area contributed by atoms with Gasteiger partial charge in [-0.3, -0.25) is 4.79 Å². The quantitative estimate of drug-likeness (QED) is 0.0171. The average molecular weight is 1070 g/mol. The summed E-state index contributed by atoms with van der Waals surface area (Å²) in [7, 11) is 0.782. The number of Topliss-reactive ketones (excluding diaryl/α,β-unsaturated/α-hetero) is 2. The number of rotatable bonds is 19. The van der Waals surface area contributed by atoms with Crippen molar-refractivity contribution >= 4 is 65.7 Å². The standard InChI is InChI=1S/C28H40BN5O3S.C27H39N5O2S.ClH/c1-16-17(2)25-19(11-12-28(4,5)37-25)18(3)20(16)14-32-27(30)31-13-7-9-22(33-15-29-36)24(35)26-34-21-8-6-10-23(21)38-26;1-15-16(2)24-18(11-12-27(4,5)34-24)17(3)19(15)14-31-26(29)30-13-7-8-20(28)23(33)25-32-21-9-6-10-22(21)35-25;/h22,33H,6-15H2,1-5H3,(H3,30,31,32);20H,6-14,28H2,1-5H3,(H3,29,30,31);1H. The summed E-state index contributed by atoms with van der Waals surface area (Å²) < 4.78 is 23.6. The van der Waals surface area contributed by atoms with Gasteiger partial charge >= 0.3 is 156 Å². The van der Waals surface area contributed by atoms with Gasteiger partial charge in [0.2, 0.25) is 5.78 Å². The van der Waals surface area contributed by atoms with Gasteiger partial charge in [0, 0.05) is 11.4 Å². The number of carbonyl (C=O) groups is 2. The van der Waals surface area contributed by atoms with Crippen molar-refractivity contribution in [1.82, 2.24) is 25.9 Å². The van der Waals surface area contributed by atoms with Crippen molar-refractivity contribution in [2.45, 2.75) is 196 Å². The third-order valence-electron chi connectivity index (χ3n) is 15.3. The number of fused-ring (bicyclic) bond motifs is 4. The number of carbonyl (C=O) groups excluding carboxylic acids is 2. The molecule has 74 heavy (non-hydrogen) atoms. The molecule has 4 heterocycles. The van der Waals surface area contributed by atoms with E-state index >= 15 is 0 Å². The molecule has 15 nitrogen and oxygen atoms in total. The van der Waals surface area contributed by atoms with E-state index in [1.54, 1.807) is 0 Å². The molecule has 19 heteroatoms. The van der Waals surface area contributed by atoms with Crippen LogP contribution >= 0.6 is 35.1 Å². The largest absolute Gasteiger partial charge is 0.487 e. The number of aryl methyl sites for hydroxylation is 4. The third-order valence-corrected chi connectivity index (χ3v) is 17.6. The number of nitrogens with one attached hydrogen (secondary N) is 3. The number of hydrogen-bond acceptors (Lipinski definition) is 13. The van der Waals surface area contributed by atoms with E-state index in [1.807, 2.05) is 0 Å². The first-order chi connectivity index (χ1) is 34.7. The zero-order valence-electron chi connectivity index (χ0n) is 45.5. The Hall–Kier alpha value is -4.75. The molecule has 0 bridgehead atoms. The van der Waals surface area contributed by atoms with Crippen LogP contribution < -0.4 is 42.6 Å². The molecule has 8 rings (SSSR count). The fourth-order valence-electron chi connectivity index (χ4n) is 10.4. The fraction of sp³-hybridized carbons (Fsp3) is 0.600. The molecular formula is C55H80BClN10O5S2. The van der Waals surface area contributed by atoms with E-state index in [-0.39, 0.29) is 41.6 Å². The predicted molar refractivity (Wildman–Crippen MR) is 303 cm³/mol. The van der Waals surface area contributed by atoms with Crippen molar-refractivity contribution in [3.63, 3.8) is 0 Å². The summed E-state index contributed by atoms with van der Waals surface area (Å²) in [5.41, 5.74) is 32.7. The number of aliphatic imine (C=N–C) groups is 2. The first-order valence-corrected chi connectivity index (χ1v) is 28.0. The molecule has 0 saturated heterocycles. The molecule has 402 valence electrons. The summed E-state index contributed by atoms with van der Waals surface area (Å²) in [6.07, 6.45) is 13.0. The van der Waals surface area contributed by atoms with Gasteiger partial charge in [0.15, 0.2) is 11.0 Å². The zero-order valence-corrected chi connectivity index (χ0v) is 47.9. The molecule has 0 amide bonds. The van der Waals surface area contributed by atoms with Gasteiger partial charge in [-0.25, -0.2) is 9.98 Å². The SMILES string of the molecule is Cc1c(C)c2c(c(C)c1CN=C(N)NCCCC(N)C(=O)c1nc3c(s1)CCC3)CCC(C)(C)O2.Cc1c(C)c2c(c(C)c1CN=C(N)NCCCC(NCB=O)C(=O)c1nc3c(s1)CCC3)CCC(C)(C)O2.Cl. The number of thiazole rings is 2. The Kier molecular flexibility index (Phi) is 20.1. The molecule has 9 N–H and O–H groups in total. The van der Waals surface area contributed by atoms with Crippen molar-refractivity contribution in [3.05, 3.63) is 86.8 Å². The first-order valence-electron chi connectivity index (χ1n) is 26.3. The third kappa shape index (κ3) is 14.0. The molecule has 0 radical (unpaired) electrons. The van der Waals surface area contributed by atoms with Crippen LogP contribution in [0.5, 0.6) is 11.5 Å². The number of benzene rings is 2. The van der Waals surface area contributed by atoms with Gasteiger partial charge in [0.25, 0.3) is 0 Å². The molecule has 0 saturated carbocycles. The van der Waals surface area contributed by atoms with E-state index in [4.69, 9.17) is 26.7 Å². The zero-order chi connectivity index (χ0) is 52.8. The minimum absolute atomic E-state index is 0. The number of hydrogen-bond donors (Lipinski definition) is 6.